The van der Waals surface area contributed by atoms with Crippen LogP contribution in [0.2, 0.25) is 0 Å². The number of ether oxygens (including phenoxy) is 1. The summed E-state index contributed by atoms with van der Waals surface area (Å²) in [5, 5.41) is 3.26. The summed E-state index contributed by atoms with van der Waals surface area (Å²) < 4.78 is 5.59. The van der Waals surface area contributed by atoms with Crippen LogP contribution in [0.5, 0.6) is 0 Å². The molecule has 0 aromatic carbocycles. The number of carbonyl (C=O) groups is 1. The molecule has 1 amide bonds. The van der Waals surface area contributed by atoms with Crippen molar-refractivity contribution in [1.29, 1.82) is 0 Å². The van der Waals surface area contributed by atoms with Gasteiger partial charge < -0.3 is 10.1 Å². The SMILES string of the molecule is O=C(NC[C@H]1[C@H]2C[C@H](CN(Cc3cccnc3)C2)[C@@H]2CCCCN21)[C@@H]1CCCO1. The molecule has 1 aromatic heterocycles. The van der Waals surface area contributed by atoms with Gasteiger partial charge in [0.25, 0.3) is 0 Å². The Labute approximate surface area is 174 Å². The molecule has 0 aliphatic carbocycles. The Bertz CT molecular complexity index is 693. The highest BCUT2D eigenvalue weighted by Crippen LogP contribution is 2.41. The number of carbonyl (C=O) groups excluding carboxylic acids is 1. The number of hydrogen-bond acceptors (Lipinski definition) is 5. The quantitative estimate of drug-likeness (QED) is 0.823. The molecule has 6 heteroatoms. The van der Waals surface area contributed by atoms with Crippen molar-refractivity contribution in [3.05, 3.63) is 30.1 Å². The molecule has 0 radical (unpaired) electrons. The Morgan fingerprint density at radius 3 is 2.97 bits per heavy atom. The zero-order valence-corrected chi connectivity index (χ0v) is 17.3. The van der Waals surface area contributed by atoms with Crippen LogP contribution in [0.15, 0.2) is 24.5 Å². The summed E-state index contributed by atoms with van der Waals surface area (Å²) >= 11 is 0. The summed E-state index contributed by atoms with van der Waals surface area (Å²) in [6.07, 6.45) is 10.8. The van der Waals surface area contributed by atoms with Gasteiger partial charge in [0.05, 0.1) is 0 Å². The normalized spacial score (nSPS) is 35.2. The van der Waals surface area contributed by atoms with Crippen molar-refractivity contribution >= 4 is 5.91 Å². The van der Waals surface area contributed by atoms with Gasteiger partial charge in [-0.05, 0) is 62.1 Å². The van der Waals surface area contributed by atoms with E-state index in [-0.39, 0.29) is 12.0 Å². The third kappa shape index (κ3) is 4.21. The number of nitrogens with one attached hydrogen (secondary N) is 1. The van der Waals surface area contributed by atoms with Gasteiger partial charge in [0.2, 0.25) is 5.91 Å². The van der Waals surface area contributed by atoms with Gasteiger partial charge in [-0.3, -0.25) is 19.6 Å². The van der Waals surface area contributed by atoms with Gasteiger partial charge in [-0.1, -0.05) is 12.5 Å². The van der Waals surface area contributed by atoms with E-state index in [1.807, 2.05) is 18.5 Å². The molecular weight excluding hydrogens is 364 g/mol. The minimum Gasteiger partial charge on any atom is -0.368 e. The lowest BCUT2D eigenvalue weighted by atomic mass is 9.72. The van der Waals surface area contributed by atoms with Crippen LogP contribution in [-0.2, 0) is 16.1 Å². The predicted octanol–water partition coefficient (Wildman–Crippen LogP) is 2.05. The number of nitrogens with zero attached hydrogens (tertiary/aromatic N) is 3. The van der Waals surface area contributed by atoms with E-state index in [0.717, 1.165) is 45.0 Å². The first-order chi connectivity index (χ1) is 14.3. The van der Waals surface area contributed by atoms with Crippen LogP contribution < -0.4 is 5.32 Å². The second-order valence-electron chi connectivity index (χ2n) is 9.43. The molecule has 158 valence electrons. The maximum Gasteiger partial charge on any atom is 0.249 e. The molecule has 0 spiro atoms. The molecule has 0 unspecified atom stereocenters. The van der Waals surface area contributed by atoms with E-state index >= 15 is 0 Å². The zero-order chi connectivity index (χ0) is 19.6. The Morgan fingerprint density at radius 1 is 1.21 bits per heavy atom. The zero-order valence-electron chi connectivity index (χ0n) is 17.3. The molecule has 4 saturated heterocycles. The fourth-order valence-electron chi connectivity index (χ4n) is 6.27. The van der Waals surface area contributed by atoms with Gasteiger partial charge >= 0.3 is 0 Å². The molecule has 29 heavy (non-hydrogen) atoms. The number of piperidine rings is 3. The Morgan fingerprint density at radius 2 is 2.14 bits per heavy atom. The third-order valence-electron chi connectivity index (χ3n) is 7.53. The number of fused-ring (bicyclic) bond motifs is 4. The molecule has 5 rings (SSSR count). The average Bonchev–Trinajstić information content (AvgIpc) is 3.29. The maximum absolute atomic E-state index is 12.6. The molecule has 2 bridgehead atoms. The topological polar surface area (TPSA) is 57.7 Å². The minimum atomic E-state index is -0.225. The molecule has 5 atom stereocenters. The minimum absolute atomic E-state index is 0.0983. The van der Waals surface area contributed by atoms with Crippen molar-refractivity contribution in [2.75, 3.05) is 32.8 Å². The van der Waals surface area contributed by atoms with Crippen LogP contribution >= 0.6 is 0 Å². The molecule has 0 saturated carbocycles. The van der Waals surface area contributed by atoms with Gasteiger partial charge in [0, 0.05) is 57.3 Å². The first-order valence-corrected chi connectivity index (χ1v) is 11.5. The van der Waals surface area contributed by atoms with E-state index in [9.17, 15) is 4.79 Å². The van der Waals surface area contributed by atoms with E-state index in [1.54, 1.807) is 0 Å². The lowest BCUT2D eigenvalue weighted by Gasteiger charge is -2.57. The standard InChI is InChI=1S/C23H34N4O2/c28-23(22-7-4-10-29-22)25-13-21-19-11-18(20-6-1-2-9-27(20)21)15-26(16-19)14-17-5-3-8-24-12-17/h3,5,8,12,18-22H,1-2,4,6-7,9-11,13-16H2,(H,25,28)/t18-,19+,20+,21+,22+/m1/s1. The van der Waals surface area contributed by atoms with Crippen LogP contribution in [0.3, 0.4) is 0 Å². The number of hydrogen-bond donors (Lipinski definition) is 1. The van der Waals surface area contributed by atoms with Gasteiger partial charge in [-0.2, -0.15) is 0 Å². The molecular formula is C23H34N4O2. The number of likely N-dealkylation sites (tertiary alicyclic amines) is 1. The lowest BCUT2D eigenvalue weighted by Crippen LogP contribution is -2.65. The smallest absolute Gasteiger partial charge is 0.249 e. The summed E-state index contributed by atoms with van der Waals surface area (Å²) in [5.74, 6) is 1.49. The monoisotopic (exact) mass is 398 g/mol. The number of rotatable bonds is 5. The summed E-state index contributed by atoms with van der Waals surface area (Å²) in [6, 6.07) is 5.36. The van der Waals surface area contributed by atoms with Gasteiger partial charge in [0.15, 0.2) is 0 Å². The van der Waals surface area contributed by atoms with Crippen molar-refractivity contribution in [2.24, 2.45) is 11.8 Å². The lowest BCUT2D eigenvalue weighted by molar-refractivity contribution is -0.131. The van der Waals surface area contributed by atoms with E-state index in [2.05, 4.69) is 26.2 Å². The van der Waals surface area contributed by atoms with E-state index in [1.165, 1.54) is 44.3 Å². The average molecular weight is 399 g/mol. The second kappa shape index (κ2) is 8.70. The summed E-state index contributed by atoms with van der Waals surface area (Å²) in [5.41, 5.74) is 1.30. The summed E-state index contributed by atoms with van der Waals surface area (Å²) in [4.78, 5) is 22.2. The summed E-state index contributed by atoms with van der Waals surface area (Å²) in [6.45, 7) is 6.00. The largest absolute Gasteiger partial charge is 0.368 e. The Kier molecular flexibility index (Phi) is 5.84. The number of pyridine rings is 1. The third-order valence-corrected chi connectivity index (χ3v) is 7.53. The molecule has 4 aliphatic heterocycles. The van der Waals surface area contributed by atoms with E-state index in [4.69, 9.17) is 4.74 Å². The first kappa shape index (κ1) is 19.5. The molecule has 6 nitrogen and oxygen atoms in total. The van der Waals surface area contributed by atoms with E-state index in [0.29, 0.717) is 18.0 Å². The fraction of sp³-hybridized carbons (Fsp3) is 0.739. The fourth-order valence-corrected chi connectivity index (χ4v) is 6.27. The van der Waals surface area contributed by atoms with Crippen molar-refractivity contribution in [1.82, 2.24) is 20.1 Å². The number of amides is 1. The molecule has 4 aliphatic rings. The van der Waals surface area contributed by atoms with Gasteiger partial charge in [0.1, 0.15) is 6.10 Å². The molecule has 1 aromatic rings. The van der Waals surface area contributed by atoms with Crippen molar-refractivity contribution < 1.29 is 9.53 Å². The highest BCUT2D eigenvalue weighted by atomic mass is 16.5. The number of aromatic nitrogens is 1. The van der Waals surface area contributed by atoms with Crippen molar-refractivity contribution in [3.63, 3.8) is 0 Å². The summed E-state index contributed by atoms with van der Waals surface area (Å²) in [7, 11) is 0. The predicted molar refractivity (Wildman–Crippen MR) is 111 cm³/mol. The maximum atomic E-state index is 12.6. The van der Waals surface area contributed by atoms with E-state index < -0.39 is 0 Å². The van der Waals surface area contributed by atoms with Crippen LogP contribution in [0.25, 0.3) is 0 Å². The highest BCUT2D eigenvalue weighted by Gasteiger charge is 2.47. The second-order valence-corrected chi connectivity index (χ2v) is 9.43. The van der Waals surface area contributed by atoms with Crippen LogP contribution in [0.4, 0.5) is 0 Å². The molecule has 4 fully saturated rings. The first-order valence-electron chi connectivity index (χ1n) is 11.5. The van der Waals surface area contributed by atoms with Crippen LogP contribution in [0.1, 0.15) is 44.1 Å². The van der Waals surface area contributed by atoms with Gasteiger partial charge in [-0.25, -0.2) is 0 Å². The van der Waals surface area contributed by atoms with Crippen LogP contribution in [0, 0.1) is 11.8 Å². The highest BCUT2D eigenvalue weighted by molar-refractivity contribution is 5.81. The molecule has 1 N–H and O–H groups in total. The van der Waals surface area contributed by atoms with Crippen molar-refractivity contribution in [3.8, 4) is 0 Å². The van der Waals surface area contributed by atoms with Gasteiger partial charge in [-0.15, -0.1) is 0 Å². The van der Waals surface area contributed by atoms with Crippen molar-refractivity contribution in [2.45, 2.75) is 63.3 Å². The molecule has 5 heterocycles. The Hall–Kier alpha value is -1.50. The van der Waals surface area contributed by atoms with Crippen LogP contribution in [-0.4, -0.2) is 71.7 Å². The Balaban J connectivity index is 1.28.